The van der Waals surface area contributed by atoms with Crippen LogP contribution in [0.25, 0.3) is 0 Å². The molecular weight excluding hydrogens is 382 g/mol. The molecule has 1 unspecified atom stereocenters. The minimum Gasteiger partial charge on any atom is -0.322 e. The Morgan fingerprint density at radius 2 is 2.14 bits per heavy atom. The fourth-order valence-corrected chi connectivity index (χ4v) is 6.36. The second-order valence-corrected chi connectivity index (χ2v) is 9.64. The van der Waals surface area contributed by atoms with E-state index in [1.807, 2.05) is 6.92 Å². The Labute approximate surface area is 133 Å². The zero-order valence-corrected chi connectivity index (χ0v) is 14.2. The topological polar surface area (TPSA) is 95.6 Å². The molecule has 21 heavy (non-hydrogen) atoms. The SMILES string of the molecule is Cc1cc(S(=O)(=O)N2CCC3(C2)NC(=O)NC3=O)sc1Br. The number of hydrogen-bond acceptors (Lipinski definition) is 5. The number of thiophene rings is 1. The number of sulfonamides is 1. The van der Waals surface area contributed by atoms with E-state index < -0.39 is 27.5 Å². The molecule has 3 amide bonds. The van der Waals surface area contributed by atoms with E-state index in [0.717, 1.165) is 20.7 Å². The van der Waals surface area contributed by atoms with E-state index >= 15 is 0 Å². The van der Waals surface area contributed by atoms with Gasteiger partial charge in [0.1, 0.15) is 9.75 Å². The lowest BCUT2D eigenvalue weighted by Gasteiger charge is -2.20. The van der Waals surface area contributed by atoms with Crippen LogP contribution in [-0.2, 0) is 14.8 Å². The van der Waals surface area contributed by atoms with Gasteiger partial charge in [-0.1, -0.05) is 0 Å². The van der Waals surface area contributed by atoms with E-state index in [9.17, 15) is 18.0 Å². The molecule has 1 aromatic heterocycles. The smallest absolute Gasteiger partial charge is 0.322 e. The molecule has 2 aliphatic heterocycles. The van der Waals surface area contributed by atoms with Crippen molar-refractivity contribution in [3.63, 3.8) is 0 Å². The first-order chi connectivity index (χ1) is 9.74. The molecule has 2 fully saturated rings. The van der Waals surface area contributed by atoms with Gasteiger partial charge in [0.15, 0.2) is 0 Å². The molecule has 0 saturated carbocycles. The molecular formula is C11H12BrN3O4S2. The Bertz CT molecular complexity index is 725. The van der Waals surface area contributed by atoms with Crippen LogP contribution in [0.1, 0.15) is 12.0 Å². The number of urea groups is 1. The molecule has 2 aliphatic rings. The molecule has 0 bridgehead atoms. The fraction of sp³-hybridized carbons (Fsp3) is 0.455. The number of nitrogens with zero attached hydrogens (tertiary/aromatic N) is 1. The third-order valence-corrected chi connectivity index (χ3v) is 8.11. The molecule has 114 valence electrons. The fourth-order valence-electron chi connectivity index (χ4n) is 2.48. The molecule has 1 atom stereocenters. The van der Waals surface area contributed by atoms with E-state index in [-0.39, 0.29) is 23.7 Å². The van der Waals surface area contributed by atoms with E-state index in [2.05, 4.69) is 26.6 Å². The van der Waals surface area contributed by atoms with Gasteiger partial charge in [-0.25, -0.2) is 13.2 Å². The molecule has 1 spiro atoms. The summed E-state index contributed by atoms with van der Waals surface area (Å²) < 4.78 is 27.4. The van der Waals surface area contributed by atoms with Gasteiger partial charge in [-0.2, -0.15) is 4.31 Å². The molecule has 3 rings (SSSR count). The molecule has 0 aliphatic carbocycles. The molecule has 10 heteroatoms. The van der Waals surface area contributed by atoms with E-state index in [1.54, 1.807) is 6.07 Å². The number of rotatable bonds is 2. The van der Waals surface area contributed by atoms with Crippen LogP contribution < -0.4 is 10.6 Å². The highest BCUT2D eigenvalue weighted by molar-refractivity contribution is 9.11. The van der Waals surface area contributed by atoms with Crippen molar-refractivity contribution in [2.24, 2.45) is 0 Å². The molecule has 2 saturated heterocycles. The highest BCUT2D eigenvalue weighted by Crippen LogP contribution is 2.35. The van der Waals surface area contributed by atoms with Crippen molar-refractivity contribution in [3.8, 4) is 0 Å². The van der Waals surface area contributed by atoms with Crippen molar-refractivity contribution in [1.82, 2.24) is 14.9 Å². The largest absolute Gasteiger partial charge is 0.322 e. The number of nitrogens with one attached hydrogen (secondary N) is 2. The zero-order chi connectivity index (χ0) is 15.4. The van der Waals surface area contributed by atoms with Crippen LogP contribution in [0.3, 0.4) is 0 Å². The molecule has 2 N–H and O–H groups in total. The Hall–Kier alpha value is -0.970. The molecule has 0 radical (unpaired) electrons. The standard InChI is InChI=1S/C11H12BrN3O4S2/c1-6-4-7(20-8(6)12)21(18,19)15-3-2-11(5-15)9(16)13-10(17)14-11/h4H,2-3,5H2,1H3,(H2,13,14,16,17). The molecule has 3 heterocycles. The Morgan fingerprint density at radius 3 is 2.67 bits per heavy atom. The number of aryl methyl sites for hydroxylation is 1. The predicted molar refractivity (Wildman–Crippen MR) is 79.5 cm³/mol. The third kappa shape index (κ3) is 2.30. The summed E-state index contributed by atoms with van der Waals surface area (Å²) in [5.41, 5.74) is -0.285. The minimum absolute atomic E-state index is 0.0402. The van der Waals surface area contributed by atoms with Gasteiger partial charge >= 0.3 is 6.03 Å². The van der Waals surface area contributed by atoms with E-state index in [0.29, 0.717) is 0 Å². The Balaban J connectivity index is 1.89. The van der Waals surface area contributed by atoms with E-state index in [4.69, 9.17) is 0 Å². The van der Waals surface area contributed by atoms with Crippen molar-refractivity contribution in [2.45, 2.75) is 23.1 Å². The highest BCUT2D eigenvalue weighted by atomic mass is 79.9. The van der Waals surface area contributed by atoms with Gasteiger partial charge in [0, 0.05) is 13.1 Å². The molecule has 0 aromatic carbocycles. The average molecular weight is 394 g/mol. The lowest BCUT2D eigenvalue weighted by Crippen LogP contribution is -2.49. The minimum atomic E-state index is -3.65. The highest BCUT2D eigenvalue weighted by Gasteiger charge is 2.53. The number of hydrogen-bond donors (Lipinski definition) is 2. The van der Waals surface area contributed by atoms with Crippen molar-refractivity contribution in [3.05, 3.63) is 15.4 Å². The summed E-state index contributed by atoms with van der Waals surface area (Å²) in [6.45, 7) is 1.97. The molecule has 1 aromatic rings. The Morgan fingerprint density at radius 1 is 1.43 bits per heavy atom. The number of imide groups is 1. The van der Waals surface area contributed by atoms with Crippen LogP contribution in [-0.4, -0.2) is 43.3 Å². The average Bonchev–Trinajstić information content (AvgIpc) is 3.03. The van der Waals surface area contributed by atoms with Crippen LogP contribution >= 0.6 is 27.3 Å². The lowest BCUT2D eigenvalue weighted by atomic mass is 10.00. The summed E-state index contributed by atoms with van der Waals surface area (Å²) in [5.74, 6) is -0.464. The predicted octanol–water partition coefficient (Wildman–Crippen LogP) is 0.792. The number of carbonyl (C=O) groups is 2. The third-order valence-electron chi connectivity index (χ3n) is 3.68. The summed E-state index contributed by atoms with van der Waals surface area (Å²) in [7, 11) is -3.65. The van der Waals surface area contributed by atoms with Crippen LogP contribution in [0.2, 0.25) is 0 Å². The van der Waals surface area contributed by atoms with Gasteiger partial charge in [0.05, 0.1) is 3.79 Å². The maximum absolute atomic E-state index is 12.6. The monoisotopic (exact) mass is 393 g/mol. The lowest BCUT2D eigenvalue weighted by molar-refractivity contribution is -0.123. The molecule has 7 nitrogen and oxygen atoms in total. The maximum Gasteiger partial charge on any atom is 0.322 e. The first-order valence-electron chi connectivity index (χ1n) is 6.14. The number of amides is 3. The van der Waals surface area contributed by atoms with Gasteiger partial charge in [-0.15, -0.1) is 11.3 Å². The van der Waals surface area contributed by atoms with Gasteiger partial charge in [0.25, 0.3) is 15.9 Å². The first kappa shape index (κ1) is 14.9. The zero-order valence-electron chi connectivity index (χ0n) is 11.0. The quantitative estimate of drug-likeness (QED) is 0.726. The van der Waals surface area contributed by atoms with Crippen molar-refractivity contribution in [1.29, 1.82) is 0 Å². The normalized spacial score (nSPS) is 26.4. The number of carbonyl (C=O) groups excluding carboxylic acids is 2. The van der Waals surface area contributed by atoms with Gasteiger partial charge in [-0.3, -0.25) is 10.1 Å². The summed E-state index contributed by atoms with van der Waals surface area (Å²) in [4.78, 5) is 23.1. The van der Waals surface area contributed by atoms with Crippen LogP contribution in [0.4, 0.5) is 4.79 Å². The first-order valence-corrected chi connectivity index (χ1v) is 9.19. The van der Waals surface area contributed by atoms with Crippen LogP contribution in [0.5, 0.6) is 0 Å². The van der Waals surface area contributed by atoms with Crippen molar-refractivity contribution >= 4 is 49.2 Å². The second kappa shape index (κ2) is 4.77. The summed E-state index contributed by atoms with van der Waals surface area (Å²) in [6.07, 6.45) is 0.273. The van der Waals surface area contributed by atoms with Gasteiger partial charge < -0.3 is 5.32 Å². The van der Waals surface area contributed by atoms with Gasteiger partial charge in [-0.05, 0) is 40.9 Å². The van der Waals surface area contributed by atoms with Crippen LogP contribution in [0.15, 0.2) is 14.1 Å². The van der Waals surface area contributed by atoms with Gasteiger partial charge in [0.2, 0.25) is 0 Å². The maximum atomic E-state index is 12.6. The second-order valence-electron chi connectivity index (χ2n) is 5.10. The van der Waals surface area contributed by atoms with Crippen LogP contribution in [0, 0.1) is 6.92 Å². The summed E-state index contributed by atoms with van der Waals surface area (Å²) in [6, 6.07) is 1.02. The summed E-state index contributed by atoms with van der Waals surface area (Å²) >= 11 is 4.45. The Kier molecular flexibility index (Phi) is 3.39. The van der Waals surface area contributed by atoms with Crippen molar-refractivity contribution < 1.29 is 18.0 Å². The number of halogens is 1. The van der Waals surface area contributed by atoms with Crippen molar-refractivity contribution in [2.75, 3.05) is 13.1 Å². The summed E-state index contributed by atoms with van der Waals surface area (Å²) in [5, 5.41) is 4.70. The van der Waals surface area contributed by atoms with E-state index in [1.165, 1.54) is 4.31 Å².